The normalized spacial score (nSPS) is 10.4. The van der Waals surface area contributed by atoms with Crippen molar-refractivity contribution in [3.8, 4) is 0 Å². The molecule has 1 aromatic carbocycles. The second-order valence-electron chi connectivity index (χ2n) is 4.31. The summed E-state index contributed by atoms with van der Waals surface area (Å²) in [7, 11) is 1.58. The topological polar surface area (TPSA) is 63.2 Å². The number of hydrogen-bond acceptors (Lipinski definition) is 5. The van der Waals surface area contributed by atoms with Crippen LogP contribution < -0.4 is 10.6 Å². The van der Waals surface area contributed by atoms with E-state index in [1.807, 2.05) is 0 Å². The molecular formula is C14H16FN3O2S. The van der Waals surface area contributed by atoms with Crippen LogP contribution in [0.1, 0.15) is 15.4 Å². The van der Waals surface area contributed by atoms with E-state index in [9.17, 15) is 9.18 Å². The first kappa shape index (κ1) is 15.4. The zero-order valence-corrected chi connectivity index (χ0v) is 12.6. The Balaban J connectivity index is 2.04. The van der Waals surface area contributed by atoms with E-state index in [-0.39, 0.29) is 11.7 Å². The van der Waals surface area contributed by atoms with Crippen molar-refractivity contribution < 1.29 is 13.9 Å². The van der Waals surface area contributed by atoms with E-state index in [1.54, 1.807) is 26.2 Å². The fourth-order valence-corrected chi connectivity index (χ4v) is 2.57. The number of aryl methyl sites for hydroxylation is 1. The summed E-state index contributed by atoms with van der Waals surface area (Å²) in [6.45, 7) is 2.69. The number of halogens is 1. The number of rotatable bonds is 6. The fourth-order valence-electron chi connectivity index (χ4n) is 1.66. The Labute approximate surface area is 126 Å². The van der Waals surface area contributed by atoms with Gasteiger partial charge >= 0.3 is 0 Å². The minimum atomic E-state index is -0.297. The summed E-state index contributed by atoms with van der Waals surface area (Å²) >= 11 is 1.26. The van der Waals surface area contributed by atoms with Crippen LogP contribution in [0.3, 0.4) is 0 Å². The highest BCUT2D eigenvalue weighted by molar-refractivity contribution is 7.17. The molecule has 2 rings (SSSR count). The second kappa shape index (κ2) is 7.14. The van der Waals surface area contributed by atoms with Crippen LogP contribution in [0, 0.1) is 12.7 Å². The van der Waals surface area contributed by atoms with E-state index in [4.69, 9.17) is 4.74 Å². The molecule has 0 radical (unpaired) electrons. The highest BCUT2D eigenvalue weighted by Crippen LogP contribution is 2.25. The van der Waals surface area contributed by atoms with Crippen LogP contribution in [0.15, 0.2) is 24.3 Å². The van der Waals surface area contributed by atoms with Crippen LogP contribution >= 0.6 is 11.3 Å². The maximum Gasteiger partial charge on any atom is 0.263 e. The van der Waals surface area contributed by atoms with Gasteiger partial charge in [0.2, 0.25) is 0 Å². The first-order valence-electron chi connectivity index (χ1n) is 6.37. The molecule has 21 heavy (non-hydrogen) atoms. The third kappa shape index (κ3) is 4.24. The van der Waals surface area contributed by atoms with Gasteiger partial charge in [0, 0.05) is 19.3 Å². The lowest BCUT2D eigenvalue weighted by Crippen LogP contribution is -2.26. The average Bonchev–Trinajstić information content (AvgIpc) is 2.82. The maximum absolute atomic E-state index is 12.8. The van der Waals surface area contributed by atoms with E-state index in [0.717, 1.165) is 5.69 Å². The van der Waals surface area contributed by atoms with Gasteiger partial charge in [0.25, 0.3) is 5.91 Å². The van der Waals surface area contributed by atoms with Crippen molar-refractivity contribution >= 4 is 28.1 Å². The van der Waals surface area contributed by atoms with Crippen molar-refractivity contribution in [1.29, 1.82) is 0 Å². The molecule has 0 saturated carbocycles. The van der Waals surface area contributed by atoms with Crippen LogP contribution in [-0.4, -0.2) is 31.2 Å². The first-order chi connectivity index (χ1) is 10.1. The Morgan fingerprint density at radius 1 is 1.38 bits per heavy atom. The van der Waals surface area contributed by atoms with Crippen molar-refractivity contribution in [3.05, 3.63) is 40.7 Å². The summed E-state index contributed by atoms with van der Waals surface area (Å²) in [6, 6.07) is 5.96. The van der Waals surface area contributed by atoms with E-state index < -0.39 is 0 Å². The van der Waals surface area contributed by atoms with Crippen molar-refractivity contribution in [2.24, 2.45) is 0 Å². The SMILES string of the molecule is COCCNC(=O)c1sc(Nc2ccc(F)cc2)nc1C. The Hall–Kier alpha value is -1.99. The molecule has 0 saturated heterocycles. The highest BCUT2D eigenvalue weighted by Gasteiger charge is 2.15. The van der Waals surface area contributed by atoms with Gasteiger partial charge in [-0.15, -0.1) is 0 Å². The van der Waals surface area contributed by atoms with Gasteiger partial charge in [0.1, 0.15) is 10.7 Å². The lowest BCUT2D eigenvalue weighted by molar-refractivity contribution is 0.0940. The molecule has 5 nitrogen and oxygen atoms in total. The molecule has 1 heterocycles. The number of ether oxygens (including phenoxy) is 1. The molecule has 2 aromatic rings. The summed E-state index contributed by atoms with van der Waals surface area (Å²) in [6.07, 6.45) is 0. The van der Waals surface area contributed by atoms with E-state index >= 15 is 0 Å². The van der Waals surface area contributed by atoms with Gasteiger partial charge in [-0.2, -0.15) is 0 Å². The molecule has 1 aromatic heterocycles. The number of methoxy groups -OCH3 is 1. The molecule has 0 aliphatic heterocycles. The van der Waals surface area contributed by atoms with Gasteiger partial charge in [0.05, 0.1) is 12.3 Å². The van der Waals surface area contributed by atoms with E-state index in [0.29, 0.717) is 28.9 Å². The standard InChI is InChI=1S/C14H16FN3O2S/c1-9-12(13(19)16-7-8-20-2)21-14(17-9)18-11-5-3-10(15)4-6-11/h3-6H,7-8H2,1-2H3,(H,16,19)(H,17,18). The number of carbonyl (C=O) groups excluding carboxylic acids is 1. The van der Waals surface area contributed by atoms with Crippen LogP contribution in [-0.2, 0) is 4.74 Å². The summed E-state index contributed by atoms with van der Waals surface area (Å²) in [5, 5.41) is 6.40. The molecule has 7 heteroatoms. The van der Waals surface area contributed by atoms with Crippen molar-refractivity contribution in [2.75, 3.05) is 25.6 Å². The summed E-state index contributed by atoms with van der Waals surface area (Å²) < 4.78 is 17.7. The number of hydrogen-bond donors (Lipinski definition) is 2. The molecule has 0 spiro atoms. The van der Waals surface area contributed by atoms with Crippen molar-refractivity contribution in [3.63, 3.8) is 0 Å². The molecule has 0 atom stereocenters. The Bertz CT molecular complexity index is 613. The number of aromatic nitrogens is 1. The summed E-state index contributed by atoms with van der Waals surface area (Å²) in [5.74, 6) is -0.469. The third-order valence-electron chi connectivity index (χ3n) is 2.69. The van der Waals surface area contributed by atoms with Gasteiger partial charge in [-0.1, -0.05) is 11.3 Å². The molecule has 0 fully saturated rings. The van der Waals surface area contributed by atoms with Crippen LogP contribution in [0.5, 0.6) is 0 Å². The number of amides is 1. The number of carbonyl (C=O) groups is 1. The number of nitrogens with one attached hydrogen (secondary N) is 2. The number of thiazole rings is 1. The van der Waals surface area contributed by atoms with Crippen molar-refractivity contribution in [2.45, 2.75) is 6.92 Å². The molecule has 0 aliphatic rings. The molecule has 1 amide bonds. The number of nitrogens with zero attached hydrogens (tertiary/aromatic N) is 1. The molecule has 0 unspecified atom stereocenters. The summed E-state index contributed by atoms with van der Waals surface area (Å²) in [5.41, 5.74) is 1.37. The quantitative estimate of drug-likeness (QED) is 0.805. The minimum Gasteiger partial charge on any atom is -0.383 e. The largest absolute Gasteiger partial charge is 0.383 e. The monoisotopic (exact) mass is 309 g/mol. The minimum absolute atomic E-state index is 0.172. The Morgan fingerprint density at radius 3 is 2.76 bits per heavy atom. The number of benzene rings is 1. The van der Waals surface area contributed by atoms with Gasteiger partial charge in [0.15, 0.2) is 5.13 Å². The fraction of sp³-hybridized carbons (Fsp3) is 0.286. The van der Waals surface area contributed by atoms with Gasteiger partial charge in [-0.3, -0.25) is 4.79 Å². The average molecular weight is 309 g/mol. The van der Waals surface area contributed by atoms with Crippen LogP contribution in [0.25, 0.3) is 0 Å². The number of anilines is 2. The Kier molecular flexibility index (Phi) is 5.24. The second-order valence-corrected chi connectivity index (χ2v) is 5.31. The lowest BCUT2D eigenvalue weighted by atomic mass is 10.3. The van der Waals surface area contributed by atoms with Crippen LogP contribution in [0.4, 0.5) is 15.2 Å². The van der Waals surface area contributed by atoms with Crippen LogP contribution in [0.2, 0.25) is 0 Å². The first-order valence-corrected chi connectivity index (χ1v) is 7.19. The third-order valence-corrected chi connectivity index (χ3v) is 3.76. The van der Waals surface area contributed by atoms with Gasteiger partial charge < -0.3 is 15.4 Å². The smallest absolute Gasteiger partial charge is 0.263 e. The highest BCUT2D eigenvalue weighted by atomic mass is 32.1. The molecule has 0 aliphatic carbocycles. The Morgan fingerprint density at radius 2 is 2.10 bits per heavy atom. The summed E-state index contributed by atoms with van der Waals surface area (Å²) in [4.78, 5) is 16.8. The van der Waals surface area contributed by atoms with E-state index in [1.165, 1.54) is 23.5 Å². The van der Waals surface area contributed by atoms with Gasteiger partial charge in [-0.05, 0) is 31.2 Å². The predicted octanol–water partition coefficient (Wildman–Crippen LogP) is 2.71. The van der Waals surface area contributed by atoms with Gasteiger partial charge in [-0.25, -0.2) is 9.37 Å². The molecule has 112 valence electrons. The molecular weight excluding hydrogens is 293 g/mol. The molecule has 2 N–H and O–H groups in total. The van der Waals surface area contributed by atoms with Crippen molar-refractivity contribution in [1.82, 2.24) is 10.3 Å². The molecule has 0 bridgehead atoms. The lowest BCUT2D eigenvalue weighted by Gasteiger charge is -2.02. The maximum atomic E-state index is 12.8. The zero-order valence-electron chi connectivity index (χ0n) is 11.8. The van der Waals surface area contributed by atoms with E-state index in [2.05, 4.69) is 15.6 Å². The predicted molar refractivity (Wildman–Crippen MR) is 80.7 cm³/mol. The zero-order chi connectivity index (χ0) is 15.2.